The van der Waals surface area contributed by atoms with Crippen molar-refractivity contribution in [3.8, 4) is 11.3 Å². The van der Waals surface area contributed by atoms with Gasteiger partial charge in [0.1, 0.15) is 12.0 Å². The first kappa shape index (κ1) is 20.8. The van der Waals surface area contributed by atoms with Crippen LogP contribution in [0.15, 0.2) is 54.7 Å². The molecule has 0 bridgehead atoms. The first-order valence-corrected chi connectivity index (χ1v) is 11.8. The lowest BCUT2D eigenvalue weighted by Crippen LogP contribution is -2.32. The minimum atomic E-state index is -3.92. The Morgan fingerprint density at radius 3 is 2.91 bits per heavy atom. The minimum absolute atomic E-state index is 0.0933. The number of hydrogen-bond donors (Lipinski definition) is 3. The van der Waals surface area contributed by atoms with Gasteiger partial charge in [0.15, 0.2) is 0 Å². The Bertz CT molecular complexity index is 1410. The van der Waals surface area contributed by atoms with Crippen molar-refractivity contribution in [3.05, 3.63) is 60.5 Å². The molecule has 32 heavy (non-hydrogen) atoms. The number of nitrogens with two attached hydrogens (primary N) is 1. The van der Waals surface area contributed by atoms with Gasteiger partial charge >= 0.3 is 10.3 Å². The monoisotopic (exact) mass is 456 g/mol. The van der Waals surface area contributed by atoms with E-state index in [1.165, 1.54) is 6.07 Å². The maximum absolute atomic E-state index is 14.6. The average Bonchev–Trinajstić information content (AvgIpc) is 3.39. The zero-order chi connectivity index (χ0) is 22.3. The number of aromatic nitrogens is 3. The van der Waals surface area contributed by atoms with Crippen molar-refractivity contribution >= 4 is 32.5 Å². The van der Waals surface area contributed by atoms with E-state index < -0.39 is 10.3 Å². The quantitative estimate of drug-likeness (QED) is 0.386. The molecular weight excluding hydrogens is 433 g/mol. The molecule has 1 aliphatic carbocycles. The number of nitrogens with zero attached hydrogens (tertiary/aromatic N) is 2. The van der Waals surface area contributed by atoms with Gasteiger partial charge in [-0.25, -0.2) is 14.6 Å². The lowest BCUT2D eigenvalue weighted by Gasteiger charge is -2.11. The molecule has 0 radical (unpaired) electrons. The lowest BCUT2D eigenvalue weighted by molar-refractivity contribution is -0.563. The molecular formula is C22H23FN5O3S+. The predicted molar refractivity (Wildman–Crippen MR) is 118 cm³/mol. The van der Waals surface area contributed by atoms with Crippen LogP contribution < -0.4 is 15.0 Å². The fourth-order valence-corrected chi connectivity index (χ4v) is 4.76. The topological polar surface area (TPSA) is 114 Å². The van der Waals surface area contributed by atoms with Gasteiger partial charge in [-0.1, -0.05) is 24.3 Å². The second-order valence-corrected chi connectivity index (χ2v) is 9.39. The van der Waals surface area contributed by atoms with Gasteiger partial charge in [-0.05, 0) is 42.7 Å². The van der Waals surface area contributed by atoms with Crippen molar-refractivity contribution < 1.29 is 21.5 Å². The van der Waals surface area contributed by atoms with E-state index in [-0.39, 0.29) is 24.4 Å². The van der Waals surface area contributed by atoms with Gasteiger partial charge in [0.05, 0.1) is 18.3 Å². The van der Waals surface area contributed by atoms with Crippen LogP contribution in [0.25, 0.3) is 27.7 Å². The summed E-state index contributed by atoms with van der Waals surface area (Å²) in [5, 5.41) is 13.1. The molecule has 1 aliphatic rings. The van der Waals surface area contributed by atoms with Crippen LogP contribution in [-0.2, 0) is 14.5 Å². The van der Waals surface area contributed by atoms with Gasteiger partial charge in [0, 0.05) is 23.1 Å². The first-order chi connectivity index (χ1) is 15.4. The molecule has 8 nitrogen and oxygen atoms in total. The van der Waals surface area contributed by atoms with Gasteiger partial charge in [-0.3, -0.25) is 4.18 Å². The molecule has 0 saturated heterocycles. The van der Waals surface area contributed by atoms with E-state index in [2.05, 4.69) is 15.4 Å². The highest BCUT2D eigenvalue weighted by molar-refractivity contribution is 7.84. The second-order valence-electron chi connectivity index (χ2n) is 8.17. The summed E-state index contributed by atoms with van der Waals surface area (Å²) in [4.78, 5) is 4.42. The summed E-state index contributed by atoms with van der Waals surface area (Å²) in [5.41, 5.74) is 2.19. The summed E-state index contributed by atoms with van der Waals surface area (Å²) >= 11 is 0. The van der Waals surface area contributed by atoms with Crippen molar-refractivity contribution in [1.29, 1.82) is 0 Å². The Balaban J connectivity index is 1.39. The summed E-state index contributed by atoms with van der Waals surface area (Å²) in [5.74, 6) is 0.667. The van der Waals surface area contributed by atoms with E-state index in [0.717, 1.165) is 41.7 Å². The van der Waals surface area contributed by atoms with Crippen molar-refractivity contribution in [2.24, 2.45) is 11.1 Å². The largest absolute Gasteiger partial charge is 0.333 e. The molecule has 2 atom stereocenters. The molecule has 2 aromatic heterocycles. The normalized spacial score (nSPS) is 19.1. The molecule has 2 aromatic carbocycles. The molecule has 1 saturated carbocycles. The van der Waals surface area contributed by atoms with Crippen LogP contribution in [0.2, 0.25) is 0 Å². The van der Waals surface area contributed by atoms with Crippen LogP contribution in [0.3, 0.4) is 0 Å². The summed E-state index contributed by atoms with van der Waals surface area (Å²) in [7, 11) is -3.92. The number of hydrogen-bond acceptors (Lipinski definition) is 5. The summed E-state index contributed by atoms with van der Waals surface area (Å²) in [6.07, 6.45) is 4.21. The number of H-pyrrole nitrogens is 1. The predicted octanol–water partition coefficient (Wildman–Crippen LogP) is 2.91. The number of benzene rings is 2. The SMILES string of the molecule is NS(=O)(=O)OC[C@@H]1CC[C@H](Nc2ccnc3cc(-c4cc(F)c5ccccc5c4)[nH][n+]23)C1. The summed E-state index contributed by atoms with van der Waals surface area (Å²) in [6.45, 7) is 0.0933. The third-order valence-corrected chi connectivity index (χ3v) is 6.36. The molecule has 10 heteroatoms. The number of halogens is 1. The molecule has 0 spiro atoms. The zero-order valence-electron chi connectivity index (χ0n) is 17.2. The summed E-state index contributed by atoms with van der Waals surface area (Å²) < 4.78 is 43.2. The average molecular weight is 457 g/mol. The standard InChI is InChI=1S/C22H22FN5O3S/c23-19-11-16(10-15-3-1-2-4-18(15)19)20-12-22-25-8-7-21(28(22)27-20)26-17-6-5-14(9-17)13-31-32(24,29)30/h1-4,7-8,10-12,14,17H,5-6,9,13H2,(H3,24,25,26,27,29,30)/p+1/t14-,17+/m1/s1. The van der Waals surface area contributed by atoms with E-state index in [4.69, 9.17) is 9.32 Å². The Hall–Kier alpha value is -3.08. The van der Waals surface area contributed by atoms with Gasteiger partial charge < -0.3 is 5.32 Å². The smallest absolute Gasteiger partial charge is 0.301 e. The molecule has 0 unspecified atom stereocenters. The van der Waals surface area contributed by atoms with Gasteiger partial charge in [-0.15, -0.1) is 9.50 Å². The maximum atomic E-state index is 14.6. The minimum Gasteiger partial charge on any atom is -0.301 e. The molecule has 5 rings (SSSR count). The van der Waals surface area contributed by atoms with Gasteiger partial charge in [0.25, 0.3) is 5.65 Å². The lowest BCUT2D eigenvalue weighted by atomic mass is 10.0. The fraction of sp³-hybridized carbons (Fsp3) is 0.273. The maximum Gasteiger partial charge on any atom is 0.333 e. The highest BCUT2D eigenvalue weighted by Crippen LogP contribution is 2.29. The van der Waals surface area contributed by atoms with Crippen LogP contribution in [0, 0.1) is 11.7 Å². The Kier molecular flexibility index (Phi) is 5.28. The van der Waals surface area contributed by atoms with Crippen LogP contribution >= 0.6 is 0 Å². The number of anilines is 1. The molecule has 166 valence electrons. The van der Waals surface area contributed by atoms with Crippen LogP contribution in [0.1, 0.15) is 19.3 Å². The first-order valence-electron chi connectivity index (χ1n) is 10.4. The van der Waals surface area contributed by atoms with Gasteiger partial charge in [-0.2, -0.15) is 8.42 Å². The van der Waals surface area contributed by atoms with Gasteiger partial charge in [0.2, 0.25) is 5.82 Å². The van der Waals surface area contributed by atoms with Crippen LogP contribution in [0.5, 0.6) is 0 Å². The third kappa shape index (κ3) is 4.29. The Labute approximate surface area is 184 Å². The Morgan fingerprint density at radius 2 is 2.06 bits per heavy atom. The fourth-order valence-electron chi connectivity index (χ4n) is 4.38. The molecule has 4 N–H and O–H groups in total. The van der Waals surface area contributed by atoms with Crippen molar-refractivity contribution in [2.75, 3.05) is 11.9 Å². The van der Waals surface area contributed by atoms with Crippen molar-refractivity contribution in [2.45, 2.75) is 25.3 Å². The molecule has 0 aliphatic heterocycles. The Morgan fingerprint density at radius 1 is 1.22 bits per heavy atom. The number of fused-ring (bicyclic) bond motifs is 2. The van der Waals surface area contributed by atoms with Crippen molar-refractivity contribution in [3.63, 3.8) is 0 Å². The number of nitrogens with one attached hydrogen (secondary N) is 2. The van der Waals surface area contributed by atoms with E-state index in [0.29, 0.717) is 11.0 Å². The molecule has 4 aromatic rings. The second kappa shape index (κ2) is 8.12. The van der Waals surface area contributed by atoms with Crippen LogP contribution in [0.4, 0.5) is 10.2 Å². The van der Waals surface area contributed by atoms with Crippen molar-refractivity contribution in [1.82, 2.24) is 10.1 Å². The highest BCUT2D eigenvalue weighted by atomic mass is 32.2. The zero-order valence-corrected chi connectivity index (χ0v) is 18.0. The highest BCUT2D eigenvalue weighted by Gasteiger charge is 2.29. The molecule has 1 fully saturated rings. The third-order valence-electron chi connectivity index (χ3n) is 5.90. The van der Waals surface area contributed by atoms with Crippen LogP contribution in [-0.4, -0.2) is 31.1 Å². The van der Waals surface area contributed by atoms with E-state index in [9.17, 15) is 12.8 Å². The van der Waals surface area contributed by atoms with E-state index in [1.54, 1.807) is 12.3 Å². The van der Waals surface area contributed by atoms with E-state index >= 15 is 0 Å². The number of aromatic amines is 1. The summed E-state index contributed by atoms with van der Waals surface area (Å²) in [6, 6.07) is 14.7. The van der Waals surface area contributed by atoms with E-state index in [1.807, 2.05) is 40.9 Å². The molecule has 0 amide bonds. The number of rotatable bonds is 6. The molecule has 2 heterocycles.